The molecule has 0 fully saturated rings. The third-order valence-corrected chi connectivity index (χ3v) is 6.85. The van der Waals surface area contributed by atoms with E-state index in [1.54, 1.807) is 6.07 Å². The van der Waals surface area contributed by atoms with Gasteiger partial charge in [-0.25, -0.2) is 13.0 Å². The standard InChI is InChI=1S/C25H28N2O6S2.Na/c1-26(2)23-11-7-18(8-12-23)25(19-9-13-24(14-10-19)27(3)4)20-5-6-21(16-34(28,29)30)22(15-20)17-35(31,32)33;/h5-15H,16-17H2,1-4H3,(H-,28,29,30,31,32,33);/q;+1. The van der Waals surface area contributed by atoms with Crippen LogP contribution in [0.2, 0.25) is 0 Å². The van der Waals surface area contributed by atoms with Crippen LogP contribution in [-0.4, -0.2) is 64.4 Å². The average molecular weight is 540 g/mol. The summed E-state index contributed by atoms with van der Waals surface area (Å²) in [6.45, 7) is 0. The van der Waals surface area contributed by atoms with Gasteiger partial charge in [0.15, 0.2) is 5.71 Å². The molecule has 0 spiro atoms. The second-order valence-corrected chi connectivity index (χ2v) is 11.5. The predicted octanol–water partition coefficient (Wildman–Crippen LogP) is -0.169. The van der Waals surface area contributed by atoms with Gasteiger partial charge in [-0.1, -0.05) is 24.3 Å². The van der Waals surface area contributed by atoms with E-state index < -0.39 is 31.7 Å². The van der Waals surface area contributed by atoms with E-state index in [9.17, 15) is 25.9 Å². The van der Waals surface area contributed by atoms with Crippen LogP contribution in [0.25, 0.3) is 5.57 Å². The van der Waals surface area contributed by atoms with Gasteiger partial charge in [0.25, 0.3) is 10.1 Å². The fourth-order valence-corrected chi connectivity index (χ4v) is 5.12. The molecule has 1 aliphatic rings. The first-order valence-corrected chi connectivity index (χ1v) is 13.9. The van der Waals surface area contributed by atoms with E-state index in [1.807, 2.05) is 86.2 Å². The number of anilines is 1. The second-order valence-electron chi connectivity index (χ2n) is 8.67. The van der Waals surface area contributed by atoms with Crippen LogP contribution in [0.4, 0.5) is 5.69 Å². The fraction of sp³-hybridized carbons (Fsp3) is 0.240. The van der Waals surface area contributed by atoms with Crippen molar-refractivity contribution in [2.75, 3.05) is 33.1 Å². The molecule has 0 amide bonds. The molecule has 0 saturated carbocycles. The van der Waals surface area contributed by atoms with Crippen LogP contribution in [0.5, 0.6) is 0 Å². The molecule has 1 aliphatic carbocycles. The quantitative estimate of drug-likeness (QED) is 0.295. The molecule has 11 heteroatoms. The minimum atomic E-state index is -4.66. The first-order valence-electron chi connectivity index (χ1n) is 10.7. The molecule has 0 radical (unpaired) electrons. The maximum absolute atomic E-state index is 11.7. The van der Waals surface area contributed by atoms with Crippen LogP contribution in [0.1, 0.15) is 22.3 Å². The Morgan fingerprint density at radius 1 is 0.861 bits per heavy atom. The molecule has 0 bridgehead atoms. The molecule has 0 heterocycles. The summed E-state index contributed by atoms with van der Waals surface area (Å²) in [4.78, 5) is 1.97. The van der Waals surface area contributed by atoms with E-state index in [-0.39, 0.29) is 40.7 Å². The minimum Gasteiger partial charge on any atom is -0.748 e. The number of rotatable bonds is 7. The van der Waals surface area contributed by atoms with E-state index >= 15 is 0 Å². The van der Waals surface area contributed by atoms with E-state index in [0.717, 1.165) is 28.1 Å². The van der Waals surface area contributed by atoms with Crippen molar-refractivity contribution >= 4 is 37.2 Å². The van der Waals surface area contributed by atoms with Crippen LogP contribution in [0.15, 0.2) is 72.3 Å². The Balaban J connectivity index is 0.00000456. The second kappa shape index (κ2) is 12.0. The van der Waals surface area contributed by atoms with Crippen LogP contribution in [0.3, 0.4) is 0 Å². The maximum atomic E-state index is 11.7. The minimum absolute atomic E-state index is 0. The number of benzene rings is 2. The van der Waals surface area contributed by atoms with Crippen LogP contribution in [0, 0.1) is 0 Å². The molecule has 0 atom stereocenters. The zero-order valence-electron chi connectivity index (χ0n) is 21.0. The van der Waals surface area contributed by atoms with Gasteiger partial charge in [-0.05, 0) is 63.8 Å². The van der Waals surface area contributed by atoms with Gasteiger partial charge in [-0.15, -0.1) is 0 Å². The Bertz CT molecular complexity index is 1450. The molecule has 2 aromatic carbocycles. The molecule has 0 aromatic heterocycles. The summed E-state index contributed by atoms with van der Waals surface area (Å²) in [5, 5.41) is 0. The Morgan fingerprint density at radius 2 is 1.42 bits per heavy atom. The van der Waals surface area contributed by atoms with Crippen LogP contribution >= 0.6 is 0 Å². The smallest absolute Gasteiger partial charge is 0.748 e. The van der Waals surface area contributed by atoms with Gasteiger partial charge in [0, 0.05) is 31.9 Å². The molecule has 8 nitrogen and oxygen atoms in total. The molecular formula is C25H28N2NaO6S2+. The van der Waals surface area contributed by atoms with Crippen molar-refractivity contribution in [1.82, 2.24) is 0 Å². The van der Waals surface area contributed by atoms with Crippen molar-refractivity contribution in [3.63, 3.8) is 0 Å². The fourth-order valence-electron chi connectivity index (χ4n) is 3.80. The van der Waals surface area contributed by atoms with Crippen molar-refractivity contribution in [1.29, 1.82) is 0 Å². The monoisotopic (exact) mass is 539 g/mol. The zero-order chi connectivity index (χ0) is 26.0. The molecule has 36 heavy (non-hydrogen) atoms. The molecule has 2 aromatic rings. The van der Waals surface area contributed by atoms with Gasteiger partial charge in [-0.3, -0.25) is 4.55 Å². The van der Waals surface area contributed by atoms with E-state index in [0.29, 0.717) is 5.56 Å². The summed E-state index contributed by atoms with van der Waals surface area (Å²) in [5.41, 5.74) is 5.20. The number of nitrogens with zero attached hydrogens (tertiary/aromatic N) is 2. The van der Waals surface area contributed by atoms with Crippen molar-refractivity contribution in [3.05, 3.63) is 94.6 Å². The Kier molecular flexibility index (Phi) is 10.1. The van der Waals surface area contributed by atoms with Gasteiger partial charge in [0.05, 0.1) is 15.9 Å². The van der Waals surface area contributed by atoms with Crippen molar-refractivity contribution in [2.45, 2.75) is 11.5 Å². The summed E-state index contributed by atoms with van der Waals surface area (Å²) in [5.74, 6) is -1.68. The van der Waals surface area contributed by atoms with Crippen molar-refractivity contribution in [3.8, 4) is 0 Å². The maximum Gasteiger partial charge on any atom is 1.00 e. The number of allylic oxidation sites excluding steroid dienone is 5. The average Bonchev–Trinajstić information content (AvgIpc) is 2.74. The number of hydrogen-bond acceptors (Lipinski definition) is 6. The van der Waals surface area contributed by atoms with E-state index in [2.05, 4.69) is 0 Å². The van der Waals surface area contributed by atoms with E-state index in [1.165, 1.54) is 12.1 Å². The Morgan fingerprint density at radius 3 is 1.89 bits per heavy atom. The zero-order valence-corrected chi connectivity index (χ0v) is 24.6. The summed E-state index contributed by atoms with van der Waals surface area (Å²) in [6.07, 6.45) is 7.81. The third-order valence-electron chi connectivity index (χ3n) is 5.51. The Labute approximate surface area is 235 Å². The Hall–Kier alpha value is -2.05. The van der Waals surface area contributed by atoms with Gasteiger partial charge >= 0.3 is 29.6 Å². The van der Waals surface area contributed by atoms with Crippen LogP contribution < -0.4 is 34.5 Å². The normalized spacial score (nSPS) is 13.4. The van der Waals surface area contributed by atoms with Gasteiger partial charge in [-0.2, -0.15) is 8.42 Å². The largest absolute Gasteiger partial charge is 1.00 e. The summed E-state index contributed by atoms with van der Waals surface area (Å²) in [7, 11) is -1.40. The molecule has 1 N–H and O–H groups in total. The third kappa shape index (κ3) is 8.24. The topological polar surface area (TPSA) is 118 Å². The number of hydrogen-bond donors (Lipinski definition) is 1. The molecular weight excluding hydrogens is 511 g/mol. The molecule has 0 unspecified atom stereocenters. The van der Waals surface area contributed by atoms with Gasteiger partial charge in [0.1, 0.15) is 19.8 Å². The van der Waals surface area contributed by atoms with Crippen molar-refractivity contribution in [2.24, 2.45) is 0 Å². The first kappa shape index (κ1) is 30.2. The first-order chi connectivity index (χ1) is 16.2. The van der Waals surface area contributed by atoms with Crippen molar-refractivity contribution < 1.29 is 60.1 Å². The predicted molar refractivity (Wildman–Crippen MR) is 137 cm³/mol. The summed E-state index contributed by atoms with van der Waals surface area (Å²) < 4.78 is 68.8. The molecule has 0 aliphatic heterocycles. The molecule has 186 valence electrons. The summed E-state index contributed by atoms with van der Waals surface area (Å²) >= 11 is 0. The van der Waals surface area contributed by atoms with E-state index in [4.69, 9.17) is 0 Å². The SMILES string of the molecule is CN(C)c1ccc(C(=C2C=CC(=[N+](C)C)C=C2)c2ccc(CS(=O)(=O)[O-])c(CS(=O)(=O)O)c2)cc1.[Na+]. The van der Waals surface area contributed by atoms with Gasteiger partial charge in [0.2, 0.25) is 0 Å². The molecule has 3 rings (SSSR count). The van der Waals surface area contributed by atoms with Crippen LogP contribution in [-0.2, 0) is 31.7 Å². The summed E-state index contributed by atoms with van der Waals surface area (Å²) in [6, 6.07) is 12.4. The molecule has 0 saturated heterocycles. The van der Waals surface area contributed by atoms with Gasteiger partial charge < -0.3 is 9.45 Å².